The van der Waals surface area contributed by atoms with Crippen molar-refractivity contribution in [3.63, 3.8) is 0 Å². The zero-order valence-corrected chi connectivity index (χ0v) is 14.8. The van der Waals surface area contributed by atoms with Gasteiger partial charge in [0.2, 0.25) is 0 Å². The maximum Gasteiger partial charge on any atom is 0.0629 e. The molecule has 0 heterocycles. The van der Waals surface area contributed by atoms with E-state index in [1.165, 1.54) is 24.8 Å². The lowest BCUT2D eigenvalue weighted by atomic mass is 9.81. The van der Waals surface area contributed by atoms with E-state index in [2.05, 4.69) is 9.98 Å². The molecule has 0 saturated heterocycles. The van der Waals surface area contributed by atoms with Gasteiger partial charge in [-0.2, -0.15) is 0 Å². The van der Waals surface area contributed by atoms with Crippen LogP contribution in [0.2, 0.25) is 0 Å². The third kappa shape index (κ3) is 3.59. The topological polar surface area (TPSA) is 24.7 Å². The first-order valence-electron chi connectivity index (χ1n) is 8.89. The van der Waals surface area contributed by atoms with Crippen LogP contribution in [0.25, 0.3) is 0 Å². The van der Waals surface area contributed by atoms with Gasteiger partial charge in [0, 0.05) is 23.4 Å². The normalized spacial score (nSPS) is 26.0. The first kappa shape index (κ1) is 16.3. The van der Waals surface area contributed by atoms with E-state index in [4.69, 9.17) is 11.6 Å². The van der Waals surface area contributed by atoms with Gasteiger partial charge in [-0.1, -0.05) is 48.0 Å². The number of allylic oxidation sites excluding steroid dienone is 2. The Morgan fingerprint density at radius 3 is 2.16 bits per heavy atom. The third-order valence-corrected chi connectivity index (χ3v) is 5.71. The van der Waals surface area contributed by atoms with E-state index in [0.717, 1.165) is 16.4 Å². The molecule has 1 fully saturated rings. The fraction of sp³-hybridized carbons (Fsp3) is 0.273. The first-order chi connectivity index (χ1) is 12.3. The molecule has 0 amide bonds. The molecular formula is C22H21ClN2. The molecule has 0 radical (unpaired) electrons. The number of hydrogen-bond acceptors (Lipinski definition) is 2. The molecule has 0 aromatic heterocycles. The second kappa shape index (κ2) is 7.37. The summed E-state index contributed by atoms with van der Waals surface area (Å²) in [5.41, 5.74) is 3.14. The lowest BCUT2D eigenvalue weighted by molar-refractivity contribution is 0.454. The van der Waals surface area contributed by atoms with Crippen LogP contribution in [0.5, 0.6) is 0 Å². The molecule has 2 aliphatic carbocycles. The lowest BCUT2D eigenvalue weighted by Crippen LogP contribution is -2.21. The van der Waals surface area contributed by atoms with Gasteiger partial charge < -0.3 is 0 Å². The van der Waals surface area contributed by atoms with E-state index >= 15 is 0 Å². The van der Waals surface area contributed by atoms with E-state index in [9.17, 15) is 0 Å². The Morgan fingerprint density at radius 1 is 0.840 bits per heavy atom. The highest BCUT2D eigenvalue weighted by Gasteiger charge is 2.39. The van der Waals surface area contributed by atoms with Gasteiger partial charge in [0.25, 0.3) is 0 Å². The van der Waals surface area contributed by atoms with E-state index < -0.39 is 0 Å². The third-order valence-electron chi connectivity index (χ3n) is 5.24. The smallest absolute Gasteiger partial charge is 0.0629 e. The van der Waals surface area contributed by atoms with Gasteiger partial charge in [-0.25, -0.2) is 0 Å². The zero-order valence-electron chi connectivity index (χ0n) is 14.1. The van der Waals surface area contributed by atoms with Crippen molar-refractivity contribution in [2.45, 2.75) is 19.3 Å². The predicted octanol–water partition coefficient (Wildman–Crippen LogP) is 6.33. The molecule has 2 aliphatic rings. The average molecular weight is 349 g/mol. The van der Waals surface area contributed by atoms with Gasteiger partial charge in [-0.3, -0.25) is 9.98 Å². The second-order valence-electron chi connectivity index (χ2n) is 6.81. The van der Waals surface area contributed by atoms with Crippen molar-refractivity contribution >= 4 is 35.4 Å². The van der Waals surface area contributed by atoms with Crippen LogP contribution < -0.4 is 0 Å². The van der Waals surface area contributed by atoms with Crippen LogP contribution in [0.15, 0.2) is 81.3 Å². The molecule has 25 heavy (non-hydrogen) atoms. The van der Waals surface area contributed by atoms with E-state index in [1.54, 1.807) is 0 Å². The van der Waals surface area contributed by atoms with Crippen molar-refractivity contribution in [3.8, 4) is 0 Å². The van der Waals surface area contributed by atoms with Gasteiger partial charge in [-0.15, -0.1) is 0 Å². The molecule has 0 N–H and O–H groups in total. The number of fused-ring (bicyclic) bond motifs is 2. The summed E-state index contributed by atoms with van der Waals surface area (Å²) in [6.07, 6.45) is 7.63. The highest BCUT2D eigenvalue weighted by molar-refractivity contribution is 6.33. The van der Waals surface area contributed by atoms with Crippen molar-refractivity contribution in [2.24, 2.45) is 27.7 Å². The van der Waals surface area contributed by atoms with Crippen molar-refractivity contribution in [2.75, 3.05) is 0 Å². The molecule has 3 atom stereocenters. The number of hydrogen-bond donors (Lipinski definition) is 0. The number of para-hydroxylation sites is 2. The fourth-order valence-electron chi connectivity index (χ4n) is 3.91. The van der Waals surface area contributed by atoms with Gasteiger partial charge in [0.1, 0.15) is 0 Å². The highest BCUT2D eigenvalue weighted by Crippen LogP contribution is 2.48. The zero-order chi connectivity index (χ0) is 17.1. The maximum atomic E-state index is 6.81. The summed E-state index contributed by atoms with van der Waals surface area (Å²) >= 11 is 6.81. The molecule has 3 unspecified atom stereocenters. The minimum absolute atomic E-state index is 0.206. The number of nitrogens with zero attached hydrogens (tertiary/aromatic N) is 2. The van der Waals surface area contributed by atoms with Crippen molar-refractivity contribution < 1.29 is 0 Å². The molecule has 0 aliphatic heterocycles. The first-order valence-corrected chi connectivity index (χ1v) is 9.27. The summed E-state index contributed by atoms with van der Waals surface area (Å²) in [7, 11) is 0. The quantitative estimate of drug-likeness (QED) is 0.577. The Kier molecular flexibility index (Phi) is 4.80. The number of halogens is 1. The Morgan fingerprint density at radius 2 is 1.48 bits per heavy atom. The van der Waals surface area contributed by atoms with Gasteiger partial charge in [0.15, 0.2) is 0 Å². The summed E-state index contributed by atoms with van der Waals surface area (Å²) in [5.74, 6) is 1.36. The Hall–Kier alpha value is -2.19. The van der Waals surface area contributed by atoms with Crippen molar-refractivity contribution in [1.82, 2.24) is 0 Å². The van der Waals surface area contributed by atoms with E-state index in [1.807, 2.05) is 73.1 Å². The predicted molar refractivity (Wildman–Crippen MR) is 106 cm³/mol. The minimum Gasteiger partial charge on any atom is -0.261 e. The van der Waals surface area contributed by atoms with E-state index in [-0.39, 0.29) is 5.92 Å². The SMILES string of the molecule is ClC1=C(C=Nc2ccccc2)C2CCC(C2)C1C=Nc1ccccc1. The molecule has 2 aromatic rings. The fourth-order valence-corrected chi connectivity index (χ4v) is 4.35. The van der Waals surface area contributed by atoms with Crippen LogP contribution in [-0.4, -0.2) is 12.4 Å². The van der Waals surface area contributed by atoms with Crippen LogP contribution in [0.1, 0.15) is 19.3 Å². The maximum absolute atomic E-state index is 6.81. The molecule has 126 valence electrons. The Bertz CT molecular complexity index is 808. The summed E-state index contributed by atoms with van der Waals surface area (Å²) < 4.78 is 0. The highest BCUT2D eigenvalue weighted by atomic mass is 35.5. The summed E-state index contributed by atoms with van der Waals surface area (Å²) in [6, 6.07) is 20.1. The van der Waals surface area contributed by atoms with Crippen molar-refractivity contribution in [1.29, 1.82) is 0 Å². The van der Waals surface area contributed by atoms with Gasteiger partial charge in [0.05, 0.1) is 11.4 Å². The molecule has 2 nitrogen and oxygen atoms in total. The summed E-state index contributed by atoms with van der Waals surface area (Å²) in [5, 5.41) is 0.929. The van der Waals surface area contributed by atoms with Crippen LogP contribution in [0, 0.1) is 17.8 Å². The Balaban J connectivity index is 1.61. The summed E-state index contributed by atoms with van der Waals surface area (Å²) in [4.78, 5) is 9.30. The number of rotatable bonds is 4. The van der Waals surface area contributed by atoms with Crippen LogP contribution in [0.4, 0.5) is 11.4 Å². The molecule has 2 aromatic carbocycles. The van der Waals surface area contributed by atoms with E-state index in [0.29, 0.717) is 11.8 Å². The van der Waals surface area contributed by atoms with Gasteiger partial charge in [-0.05, 0) is 60.9 Å². The molecule has 3 heteroatoms. The number of benzene rings is 2. The minimum atomic E-state index is 0.206. The standard InChI is InChI=1S/C22H21ClN2/c23-22-20(14-24-18-7-3-1-4-8-18)16-11-12-17(13-16)21(22)15-25-19-9-5-2-6-10-19/h1-10,14-17,20H,11-13H2. The molecular weight excluding hydrogens is 328 g/mol. The second-order valence-corrected chi connectivity index (χ2v) is 7.21. The lowest BCUT2D eigenvalue weighted by Gasteiger charge is -2.27. The molecule has 4 rings (SSSR count). The van der Waals surface area contributed by atoms with Crippen molar-refractivity contribution in [3.05, 3.63) is 71.3 Å². The molecule has 1 saturated carbocycles. The average Bonchev–Trinajstić information content (AvgIpc) is 3.09. The van der Waals surface area contributed by atoms with Crippen LogP contribution in [-0.2, 0) is 0 Å². The van der Waals surface area contributed by atoms with Crippen LogP contribution >= 0.6 is 11.6 Å². The molecule has 2 bridgehead atoms. The van der Waals surface area contributed by atoms with Gasteiger partial charge >= 0.3 is 0 Å². The largest absolute Gasteiger partial charge is 0.261 e. The molecule has 0 spiro atoms. The monoisotopic (exact) mass is 348 g/mol. The van der Waals surface area contributed by atoms with Crippen LogP contribution in [0.3, 0.4) is 0 Å². The number of aliphatic imine (C=N–C) groups is 2. The Labute approximate surface area is 154 Å². The summed E-state index contributed by atoms with van der Waals surface area (Å²) in [6.45, 7) is 0.